The summed E-state index contributed by atoms with van der Waals surface area (Å²) in [5.74, 6) is 1.83. The number of ether oxygens (including phenoxy) is 1. The standard InChI is InChI=1S/C21H23N3O4S/c1-15-3-9-19(10-4-15)29(25,26)24-13-11-17(12-14-24)21-23-22-20(28-21)16-5-7-18(27-2)8-6-16/h3-10,17H,11-14H2,1-2H3. The van der Waals surface area contributed by atoms with Crippen molar-refractivity contribution in [3.8, 4) is 17.2 Å². The topological polar surface area (TPSA) is 85.5 Å². The van der Waals surface area contributed by atoms with Crippen molar-refractivity contribution in [1.82, 2.24) is 14.5 Å². The molecule has 0 bridgehead atoms. The lowest BCUT2D eigenvalue weighted by atomic mass is 9.98. The molecule has 3 aromatic rings. The molecule has 8 heteroatoms. The number of aryl methyl sites for hydroxylation is 1. The Morgan fingerprint density at radius 2 is 1.66 bits per heavy atom. The van der Waals surface area contributed by atoms with Crippen molar-refractivity contribution in [3.63, 3.8) is 0 Å². The Labute approximate surface area is 170 Å². The van der Waals surface area contributed by atoms with Crippen LogP contribution in [0.2, 0.25) is 0 Å². The van der Waals surface area contributed by atoms with Crippen LogP contribution in [0.4, 0.5) is 0 Å². The van der Waals surface area contributed by atoms with Crippen molar-refractivity contribution >= 4 is 10.0 Å². The summed E-state index contributed by atoms with van der Waals surface area (Å²) in [6.45, 7) is 2.80. The summed E-state index contributed by atoms with van der Waals surface area (Å²) in [7, 11) is -1.86. The van der Waals surface area contributed by atoms with E-state index in [0.717, 1.165) is 16.9 Å². The Morgan fingerprint density at radius 3 is 2.28 bits per heavy atom. The van der Waals surface area contributed by atoms with E-state index in [2.05, 4.69) is 10.2 Å². The SMILES string of the molecule is COc1ccc(-c2nnc(C3CCN(S(=O)(=O)c4ccc(C)cc4)CC3)o2)cc1. The summed E-state index contributed by atoms with van der Waals surface area (Å²) in [5.41, 5.74) is 1.86. The molecule has 29 heavy (non-hydrogen) atoms. The molecule has 1 aliphatic heterocycles. The van der Waals surface area contributed by atoms with Crippen LogP contribution >= 0.6 is 0 Å². The lowest BCUT2D eigenvalue weighted by Gasteiger charge is -2.29. The summed E-state index contributed by atoms with van der Waals surface area (Å²) in [4.78, 5) is 0.334. The number of methoxy groups -OCH3 is 1. The van der Waals surface area contributed by atoms with Gasteiger partial charge in [-0.15, -0.1) is 10.2 Å². The second kappa shape index (κ2) is 7.96. The van der Waals surface area contributed by atoms with Crippen LogP contribution in [0.25, 0.3) is 11.5 Å². The van der Waals surface area contributed by atoms with Gasteiger partial charge in [0, 0.05) is 24.6 Å². The number of benzene rings is 2. The smallest absolute Gasteiger partial charge is 0.247 e. The molecule has 1 aliphatic rings. The first-order valence-electron chi connectivity index (χ1n) is 9.52. The van der Waals surface area contributed by atoms with Crippen LogP contribution in [0.15, 0.2) is 57.8 Å². The van der Waals surface area contributed by atoms with Gasteiger partial charge in [0.05, 0.1) is 12.0 Å². The minimum Gasteiger partial charge on any atom is -0.497 e. The van der Waals surface area contributed by atoms with Gasteiger partial charge >= 0.3 is 0 Å². The van der Waals surface area contributed by atoms with Gasteiger partial charge < -0.3 is 9.15 Å². The molecular formula is C21H23N3O4S. The number of aromatic nitrogens is 2. The van der Waals surface area contributed by atoms with Gasteiger partial charge in [-0.2, -0.15) is 4.31 Å². The molecule has 0 spiro atoms. The van der Waals surface area contributed by atoms with Crippen molar-refractivity contribution in [3.05, 3.63) is 60.0 Å². The van der Waals surface area contributed by atoms with Crippen molar-refractivity contribution in [1.29, 1.82) is 0 Å². The van der Waals surface area contributed by atoms with E-state index in [0.29, 0.717) is 42.6 Å². The highest BCUT2D eigenvalue weighted by Crippen LogP contribution is 2.32. The summed E-state index contributed by atoms with van der Waals surface area (Å²) >= 11 is 0. The van der Waals surface area contributed by atoms with Crippen LogP contribution in [0.3, 0.4) is 0 Å². The van der Waals surface area contributed by atoms with E-state index in [1.54, 1.807) is 19.2 Å². The fraction of sp³-hybridized carbons (Fsp3) is 0.333. The molecule has 7 nitrogen and oxygen atoms in total. The molecule has 0 saturated carbocycles. The van der Waals surface area contributed by atoms with Crippen LogP contribution in [-0.2, 0) is 10.0 Å². The molecule has 0 N–H and O–H groups in total. The lowest BCUT2D eigenvalue weighted by Crippen LogP contribution is -2.37. The highest BCUT2D eigenvalue weighted by Gasteiger charge is 2.32. The van der Waals surface area contributed by atoms with E-state index in [4.69, 9.17) is 9.15 Å². The monoisotopic (exact) mass is 413 g/mol. The lowest BCUT2D eigenvalue weighted by molar-refractivity contribution is 0.291. The van der Waals surface area contributed by atoms with Gasteiger partial charge in [0.1, 0.15) is 5.75 Å². The van der Waals surface area contributed by atoms with E-state index in [-0.39, 0.29) is 5.92 Å². The van der Waals surface area contributed by atoms with E-state index in [9.17, 15) is 8.42 Å². The van der Waals surface area contributed by atoms with Crippen molar-refractivity contribution in [2.75, 3.05) is 20.2 Å². The zero-order chi connectivity index (χ0) is 20.4. The quantitative estimate of drug-likeness (QED) is 0.635. The van der Waals surface area contributed by atoms with Gasteiger partial charge in [0.2, 0.25) is 21.8 Å². The summed E-state index contributed by atoms with van der Waals surface area (Å²) in [6, 6.07) is 14.4. The first kappa shape index (κ1) is 19.6. The third-order valence-electron chi connectivity index (χ3n) is 5.24. The predicted octanol–water partition coefficient (Wildman–Crippen LogP) is 3.62. The molecule has 0 amide bonds. The molecule has 0 unspecified atom stereocenters. The number of piperidine rings is 1. The van der Waals surface area contributed by atoms with Gasteiger partial charge in [0.15, 0.2) is 0 Å². The normalized spacial score (nSPS) is 16.1. The van der Waals surface area contributed by atoms with Crippen molar-refractivity contribution in [2.45, 2.75) is 30.6 Å². The Bertz CT molecular complexity index is 1070. The number of hydrogen-bond donors (Lipinski definition) is 0. The van der Waals surface area contributed by atoms with Gasteiger partial charge in [-0.25, -0.2) is 8.42 Å². The minimum absolute atomic E-state index is 0.0546. The van der Waals surface area contributed by atoms with Gasteiger partial charge in [-0.1, -0.05) is 17.7 Å². The molecule has 1 aromatic heterocycles. The highest BCUT2D eigenvalue weighted by atomic mass is 32.2. The average Bonchev–Trinajstić information content (AvgIpc) is 3.24. The van der Waals surface area contributed by atoms with Gasteiger partial charge in [-0.05, 0) is 56.2 Å². The zero-order valence-electron chi connectivity index (χ0n) is 16.4. The molecule has 2 aromatic carbocycles. The molecule has 1 saturated heterocycles. The predicted molar refractivity (Wildman–Crippen MR) is 108 cm³/mol. The fourth-order valence-electron chi connectivity index (χ4n) is 3.45. The molecule has 1 fully saturated rings. The third kappa shape index (κ3) is 4.04. The van der Waals surface area contributed by atoms with E-state index >= 15 is 0 Å². The molecular weight excluding hydrogens is 390 g/mol. The first-order chi connectivity index (χ1) is 14.0. The van der Waals surface area contributed by atoms with Crippen LogP contribution in [0.5, 0.6) is 5.75 Å². The summed E-state index contributed by atoms with van der Waals surface area (Å²) in [6.07, 6.45) is 1.30. The van der Waals surface area contributed by atoms with Crippen molar-refractivity contribution in [2.24, 2.45) is 0 Å². The number of nitrogens with zero attached hydrogens (tertiary/aromatic N) is 3. The third-order valence-corrected chi connectivity index (χ3v) is 7.15. The second-order valence-electron chi connectivity index (χ2n) is 7.17. The fourth-order valence-corrected chi connectivity index (χ4v) is 4.92. The van der Waals surface area contributed by atoms with Crippen LogP contribution in [0, 0.1) is 6.92 Å². The highest BCUT2D eigenvalue weighted by molar-refractivity contribution is 7.89. The van der Waals surface area contributed by atoms with E-state index < -0.39 is 10.0 Å². The van der Waals surface area contributed by atoms with E-state index in [1.165, 1.54) is 4.31 Å². The van der Waals surface area contributed by atoms with Crippen molar-refractivity contribution < 1.29 is 17.6 Å². The maximum Gasteiger partial charge on any atom is 0.247 e. The molecule has 4 rings (SSSR count). The molecule has 2 heterocycles. The summed E-state index contributed by atoms with van der Waals surface area (Å²) in [5, 5.41) is 8.35. The number of rotatable bonds is 5. The van der Waals surface area contributed by atoms with Crippen LogP contribution in [-0.4, -0.2) is 43.1 Å². The van der Waals surface area contributed by atoms with E-state index in [1.807, 2.05) is 43.3 Å². The second-order valence-corrected chi connectivity index (χ2v) is 9.10. The Hall–Kier alpha value is -2.71. The molecule has 0 atom stereocenters. The largest absolute Gasteiger partial charge is 0.497 e. The zero-order valence-corrected chi connectivity index (χ0v) is 17.2. The average molecular weight is 413 g/mol. The molecule has 0 radical (unpaired) electrons. The number of sulfonamides is 1. The molecule has 152 valence electrons. The molecule has 0 aliphatic carbocycles. The van der Waals surface area contributed by atoms with Crippen LogP contribution < -0.4 is 4.74 Å². The number of hydrogen-bond acceptors (Lipinski definition) is 6. The Balaban J connectivity index is 1.43. The van der Waals surface area contributed by atoms with Gasteiger partial charge in [-0.3, -0.25) is 0 Å². The maximum atomic E-state index is 12.8. The van der Waals surface area contributed by atoms with Gasteiger partial charge in [0.25, 0.3) is 0 Å². The summed E-state index contributed by atoms with van der Waals surface area (Å²) < 4.78 is 38.3. The van der Waals surface area contributed by atoms with Crippen LogP contribution in [0.1, 0.15) is 30.2 Å². The maximum absolute atomic E-state index is 12.8. The Morgan fingerprint density at radius 1 is 1.00 bits per heavy atom. The Kier molecular flexibility index (Phi) is 5.38. The first-order valence-corrected chi connectivity index (χ1v) is 11.0. The minimum atomic E-state index is -3.47.